The van der Waals surface area contributed by atoms with Crippen LogP contribution >= 0.6 is 0 Å². The van der Waals surface area contributed by atoms with E-state index in [-0.39, 0.29) is 30.1 Å². The molecular formula is C16H15F3N2O2. The number of rotatable bonds is 4. The SMILES string of the molecule is C=C1[C@@H]2C(=O)NN=C(c3ccc(OCCC)c(C(F)(F)F)c3)[C@H]12. The normalized spacial score (nSPS) is 23.0. The van der Waals surface area contributed by atoms with Crippen molar-refractivity contribution in [2.45, 2.75) is 19.5 Å². The molecule has 0 saturated heterocycles. The van der Waals surface area contributed by atoms with Gasteiger partial charge in [-0.05, 0) is 30.2 Å². The van der Waals surface area contributed by atoms with Gasteiger partial charge in [-0.25, -0.2) is 5.43 Å². The summed E-state index contributed by atoms with van der Waals surface area (Å²) in [6.07, 6.45) is -3.92. The van der Waals surface area contributed by atoms with Crippen molar-refractivity contribution in [2.24, 2.45) is 16.9 Å². The largest absolute Gasteiger partial charge is 0.493 e. The topological polar surface area (TPSA) is 50.7 Å². The van der Waals surface area contributed by atoms with Gasteiger partial charge in [0.15, 0.2) is 0 Å². The molecule has 1 saturated carbocycles. The van der Waals surface area contributed by atoms with E-state index in [1.54, 1.807) is 0 Å². The van der Waals surface area contributed by atoms with Gasteiger partial charge in [-0.3, -0.25) is 4.79 Å². The standard InChI is InChI=1S/C16H15F3N2O2/c1-3-6-23-11-5-4-9(7-10(11)16(17,18)19)14-12-8(2)13(12)15(22)21-20-14/h4-5,7,12-13H,2-3,6H2,1H3,(H,21,22)/t12-,13+/m1/s1. The highest BCUT2D eigenvalue weighted by molar-refractivity contribution is 6.13. The second-order valence-electron chi connectivity index (χ2n) is 5.56. The Morgan fingerprint density at radius 2 is 2.09 bits per heavy atom. The van der Waals surface area contributed by atoms with Gasteiger partial charge in [-0.1, -0.05) is 19.1 Å². The van der Waals surface area contributed by atoms with Gasteiger partial charge in [0.25, 0.3) is 0 Å². The van der Waals surface area contributed by atoms with Gasteiger partial charge in [0, 0.05) is 5.92 Å². The minimum Gasteiger partial charge on any atom is -0.493 e. The van der Waals surface area contributed by atoms with Crippen LogP contribution in [0, 0.1) is 11.8 Å². The molecule has 122 valence electrons. The summed E-state index contributed by atoms with van der Waals surface area (Å²) in [4.78, 5) is 11.5. The molecule has 0 unspecified atom stereocenters. The fourth-order valence-electron chi connectivity index (χ4n) is 2.72. The molecule has 2 atom stereocenters. The lowest BCUT2D eigenvalue weighted by atomic mass is 10.0. The molecule has 4 nitrogen and oxygen atoms in total. The van der Waals surface area contributed by atoms with Gasteiger partial charge in [0.1, 0.15) is 5.75 Å². The molecule has 0 spiro atoms. The van der Waals surface area contributed by atoms with Crippen LogP contribution in [-0.4, -0.2) is 18.2 Å². The number of carbonyl (C=O) groups is 1. The van der Waals surface area contributed by atoms with Crippen molar-refractivity contribution < 1.29 is 22.7 Å². The van der Waals surface area contributed by atoms with E-state index in [2.05, 4.69) is 17.1 Å². The van der Waals surface area contributed by atoms with E-state index < -0.39 is 11.7 Å². The van der Waals surface area contributed by atoms with E-state index in [1.807, 2.05) is 6.92 Å². The van der Waals surface area contributed by atoms with E-state index in [0.717, 1.165) is 6.07 Å². The average Bonchev–Trinajstić information content (AvgIpc) is 3.17. The molecule has 1 fully saturated rings. The Kier molecular flexibility index (Phi) is 3.66. The van der Waals surface area contributed by atoms with Crippen molar-refractivity contribution in [2.75, 3.05) is 6.61 Å². The fraction of sp³-hybridized carbons (Fsp3) is 0.375. The zero-order valence-electron chi connectivity index (χ0n) is 12.4. The van der Waals surface area contributed by atoms with E-state index in [4.69, 9.17) is 4.74 Å². The quantitative estimate of drug-likeness (QED) is 0.865. The lowest BCUT2D eigenvalue weighted by Gasteiger charge is -2.17. The summed E-state index contributed by atoms with van der Waals surface area (Å²) >= 11 is 0. The molecule has 1 aliphatic carbocycles. The van der Waals surface area contributed by atoms with Crippen LogP contribution < -0.4 is 10.2 Å². The van der Waals surface area contributed by atoms with E-state index in [1.165, 1.54) is 12.1 Å². The zero-order chi connectivity index (χ0) is 16.8. The Morgan fingerprint density at radius 3 is 2.74 bits per heavy atom. The van der Waals surface area contributed by atoms with Crippen LogP contribution in [0.2, 0.25) is 0 Å². The number of halogens is 3. The van der Waals surface area contributed by atoms with E-state index in [0.29, 0.717) is 23.3 Å². The first-order valence-electron chi connectivity index (χ1n) is 7.25. The van der Waals surface area contributed by atoms with Gasteiger partial charge in [0.05, 0.1) is 23.8 Å². The molecule has 3 rings (SSSR count). The molecule has 0 bridgehead atoms. The Bertz CT molecular complexity index is 710. The maximum absolute atomic E-state index is 13.3. The summed E-state index contributed by atoms with van der Waals surface area (Å²) < 4.78 is 45.0. The maximum atomic E-state index is 13.3. The minimum atomic E-state index is -4.53. The van der Waals surface area contributed by atoms with Crippen LogP contribution in [0.15, 0.2) is 35.5 Å². The third-order valence-electron chi connectivity index (χ3n) is 3.93. The minimum absolute atomic E-state index is 0.199. The van der Waals surface area contributed by atoms with Gasteiger partial charge in [-0.15, -0.1) is 0 Å². The molecule has 1 aromatic carbocycles. The summed E-state index contributed by atoms with van der Waals surface area (Å²) in [6.45, 7) is 5.81. The van der Waals surface area contributed by atoms with Crippen LogP contribution in [0.1, 0.15) is 24.5 Å². The Morgan fingerprint density at radius 1 is 1.35 bits per heavy atom. The maximum Gasteiger partial charge on any atom is 0.419 e. The van der Waals surface area contributed by atoms with Crippen molar-refractivity contribution in [3.63, 3.8) is 0 Å². The summed E-state index contributed by atoms with van der Waals surface area (Å²) in [5.74, 6) is -1.14. The number of ether oxygens (including phenoxy) is 1. The fourth-order valence-corrected chi connectivity index (χ4v) is 2.72. The molecule has 2 aliphatic rings. The Balaban J connectivity index is 1.98. The number of hydrogen-bond donors (Lipinski definition) is 1. The molecular weight excluding hydrogens is 309 g/mol. The molecule has 1 aromatic rings. The third-order valence-corrected chi connectivity index (χ3v) is 3.93. The predicted molar refractivity (Wildman–Crippen MR) is 78.0 cm³/mol. The highest BCUT2D eigenvalue weighted by Gasteiger charge is 2.53. The van der Waals surface area contributed by atoms with E-state index in [9.17, 15) is 18.0 Å². The summed E-state index contributed by atoms with van der Waals surface area (Å²) in [6, 6.07) is 3.84. The second kappa shape index (κ2) is 5.40. The molecule has 0 radical (unpaired) electrons. The number of nitrogens with zero attached hydrogens (tertiary/aromatic N) is 1. The molecule has 0 aromatic heterocycles. The monoisotopic (exact) mass is 324 g/mol. The highest BCUT2D eigenvalue weighted by Crippen LogP contribution is 2.49. The summed E-state index contributed by atoms with van der Waals surface area (Å²) in [5.41, 5.74) is 2.90. The van der Waals surface area contributed by atoms with Gasteiger partial charge >= 0.3 is 6.18 Å². The molecule has 7 heteroatoms. The van der Waals surface area contributed by atoms with Gasteiger partial charge in [0.2, 0.25) is 5.91 Å². The van der Waals surface area contributed by atoms with Crippen molar-refractivity contribution >= 4 is 11.6 Å². The lowest BCUT2D eigenvalue weighted by molar-refractivity contribution is -0.139. The second-order valence-corrected chi connectivity index (χ2v) is 5.56. The third kappa shape index (κ3) is 2.71. The van der Waals surface area contributed by atoms with Crippen LogP contribution in [0.3, 0.4) is 0 Å². The number of benzene rings is 1. The van der Waals surface area contributed by atoms with Crippen LogP contribution in [0.25, 0.3) is 0 Å². The first-order valence-corrected chi connectivity index (χ1v) is 7.25. The van der Waals surface area contributed by atoms with Crippen molar-refractivity contribution in [1.82, 2.24) is 5.43 Å². The number of hydrazone groups is 1. The van der Waals surface area contributed by atoms with Crippen molar-refractivity contribution in [3.05, 3.63) is 41.5 Å². The number of amides is 1. The Hall–Kier alpha value is -2.31. The van der Waals surface area contributed by atoms with Gasteiger partial charge in [-0.2, -0.15) is 18.3 Å². The first kappa shape index (κ1) is 15.6. The number of hydrogen-bond acceptors (Lipinski definition) is 3. The molecule has 23 heavy (non-hydrogen) atoms. The van der Waals surface area contributed by atoms with Gasteiger partial charge < -0.3 is 4.74 Å². The molecule has 1 aliphatic heterocycles. The van der Waals surface area contributed by atoms with Crippen molar-refractivity contribution in [3.8, 4) is 5.75 Å². The highest BCUT2D eigenvalue weighted by atomic mass is 19.4. The molecule has 1 heterocycles. The smallest absolute Gasteiger partial charge is 0.419 e. The molecule has 1 amide bonds. The number of alkyl halides is 3. The molecule has 1 N–H and O–H groups in total. The number of carbonyl (C=O) groups excluding carboxylic acids is 1. The lowest BCUT2D eigenvalue weighted by Crippen LogP contribution is -2.29. The van der Waals surface area contributed by atoms with E-state index >= 15 is 0 Å². The summed E-state index contributed by atoms with van der Waals surface area (Å²) in [5, 5.41) is 3.92. The Labute approximate surface area is 131 Å². The predicted octanol–water partition coefficient (Wildman–Crippen LogP) is 3.13. The summed E-state index contributed by atoms with van der Waals surface area (Å²) in [7, 11) is 0. The number of nitrogens with one attached hydrogen (secondary N) is 1. The first-order chi connectivity index (χ1) is 10.8. The van der Waals surface area contributed by atoms with Crippen LogP contribution in [0.5, 0.6) is 5.75 Å². The average molecular weight is 324 g/mol. The van der Waals surface area contributed by atoms with Crippen molar-refractivity contribution in [1.29, 1.82) is 0 Å². The zero-order valence-corrected chi connectivity index (χ0v) is 12.4. The number of fused-ring (bicyclic) bond motifs is 1. The van der Waals surface area contributed by atoms with Crippen LogP contribution in [-0.2, 0) is 11.0 Å². The van der Waals surface area contributed by atoms with Crippen LogP contribution in [0.4, 0.5) is 13.2 Å².